The van der Waals surface area contributed by atoms with Gasteiger partial charge in [0, 0.05) is 12.6 Å². The number of aromatic nitrogens is 2. The highest BCUT2D eigenvalue weighted by atomic mass is 31.3. The summed E-state index contributed by atoms with van der Waals surface area (Å²) in [5.41, 5.74) is 4.53. The molecule has 16 nitrogen and oxygen atoms in total. The number of hydrogen-bond acceptors (Lipinski definition) is 15. The highest BCUT2D eigenvalue weighted by Gasteiger charge is 2.36. The molecule has 1 aromatic rings. The molecule has 1 saturated heterocycles. The van der Waals surface area contributed by atoms with Crippen molar-refractivity contribution in [1.29, 1.82) is 0 Å². The smallest absolute Gasteiger partial charge is 0.351 e. The largest absolute Gasteiger partial charge is 0.790 e. The van der Waals surface area contributed by atoms with E-state index in [1.54, 1.807) is 0 Å². The fraction of sp³-hybridized carbons (Fsp3) is 0.556. The van der Waals surface area contributed by atoms with E-state index in [0.717, 1.165) is 4.57 Å². The van der Waals surface area contributed by atoms with E-state index in [1.165, 1.54) is 12.3 Å². The molecule has 19 heteroatoms. The summed E-state index contributed by atoms with van der Waals surface area (Å²) in [7, 11) is -17.9. The number of nitrogens with zero attached hydrogens (tertiary/aromatic N) is 2. The number of phosphoric ester groups is 1. The number of phosphoric acid groups is 3. The second-order valence-electron chi connectivity index (χ2n) is 5.28. The van der Waals surface area contributed by atoms with Crippen LogP contribution in [0.25, 0.3) is 0 Å². The summed E-state index contributed by atoms with van der Waals surface area (Å²) in [6.07, 6.45) is -2.70. The van der Waals surface area contributed by atoms with Gasteiger partial charge in [-0.15, -0.1) is 0 Å². The average molecular weight is 463 g/mol. The Kier molecular flexibility index (Phi) is 6.99. The third-order valence-electron chi connectivity index (χ3n) is 3.16. The summed E-state index contributed by atoms with van der Waals surface area (Å²) in [5.74, 6) is -0.0610. The van der Waals surface area contributed by atoms with Crippen LogP contribution in [0.4, 0.5) is 5.82 Å². The lowest BCUT2D eigenvalue weighted by Gasteiger charge is -2.37. The number of anilines is 1. The lowest BCUT2D eigenvalue weighted by atomic mass is 10.2. The Balaban J connectivity index is 1.98. The maximum Gasteiger partial charge on any atom is 0.351 e. The van der Waals surface area contributed by atoms with Crippen molar-refractivity contribution in [2.45, 2.75) is 24.9 Å². The fourth-order valence-corrected chi connectivity index (χ4v) is 4.99. The molecule has 2 heterocycles. The van der Waals surface area contributed by atoms with E-state index in [2.05, 4.69) is 18.1 Å². The standard InChI is InChI=1S/C9H16N3O13P3/c10-7-1-2-12(9(14)11-7)8-3-5(13)6(23-8)4-22-27(18,19)25-28(20,21)24-26(15,16)17/h1-2,5-6,8,13H,3-4H2,(H,18,19)(H,20,21)(H2,10,11,14)(H2,15,16,17)/p-4. The monoisotopic (exact) mass is 463 g/mol. The second kappa shape index (κ2) is 8.40. The molecule has 1 fully saturated rings. The molecule has 5 atom stereocenters. The van der Waals surface area contributed by atoms with Crippen molar-refractivity contribution in [2.24, 2.45) is 0 Å². The number of aliphatic hydroxyl groups excluding tert-OH is 1. The van der Waals surface area contributed by atoms with Gasteiger partial charge >= 0.3 is 5.69 Å². The van der Waals surface area contributed by atoms with E-state index >= 15 is 0 Å². The van der Waals surface area contributed by atoms with Gasteiger partial charge in [-0.05, 0) is 6.07 Å². The number of nitrogen functional groups attached to an aromatic ring is 1. The van der Waals surface area contributed by atoms with Crippen LogP contribution in [0.2, 0.25) is 0 Å². The fourth-order valence-electron chi connectivity index (χ4n) is 2.13. The van der Waals surface area contributed by atoms with E-state index in [9.17, 15) is 43.2 Å². The predicted molar refractivity (Wildman–Crippen MR) is 78.4 cm³/mol. The Hall–Kier alpha value is -0.990. The van der Waals surface area contributed by atoms with E-state index in [-0.39, 0.29) is 12.2 Å². The predicted octanol–water partition coefficient (Wildman–Crippen LogP) is -3.71. The molecule has 0 bridgehead atoms. The van der Waals surface area contributed by atoms with Gasteiger partial charge in [0.15, 0.2) is 0 Å². The molecule has 160 valence electrons. The minimum atomic E-state index is -6.10. The third kappa shape index (κ3) is 6.81. The van der Waals surface area contributed by atoms with Gasteiger partial charge in [0.25, 0.3) is 15.6 Å². The Morgan fingerprint density at radius 2 is 1.89 bits per heavy atom. The molecule has 0 radical (unpaired) electrons. The van der Waals surface area contributed by atoms with Gasteiger partial charge in [0.05, 0.1) is 20.5 Å². The molecule has 1 aromatic heterocycles. The average Bonchev–Trinajstić information content (AvgIpc) is 2.82. The van der Waals surface area contributed by atoms with Gasteiger partial charge in [-0.25, -0.2) is 9.11 Å². The minimum Gasteiger partial charge on any atom is -0.790 e. The van der Waals surface area contributed by atoms with E-state index in [1.807, 2.05) is 0 Å². The first-order valence-electron chi connectivity index (χ1n) is 7.07. The summed E-state index contributed by atoms with van der Waals surface area (Å²) < 4.78 is 49.5. The molecule has 5 unspecified atom stereocenters. The molecule has 1 aliphatic heterocycles. The van der Waals surface area contributed by atoms with Gasteiger partial charge in [-0.2, -0.15) is 4.98 Å². The highest BCUT2D eigenvalue weighted by Crippen LogP contribution is 2.60. The van der Waals surface area contributed by atoms with Crippen molar-refractivity contribution >= 4 is 29.3 Å². The maximum absolute atomic E-state index is 11.7. The van der Waals surface area contributed by atoms with Crippen molar-refractivity contribution in [3.63, 3.8) is 0 Å². The number of rotatable bonds is 8. The Bertz CT molecular complexity index is 914. The summed E-state index contributed by atoms with van der Waals surface area (Å²) in [6, 6.07) is 1.27. The number of aliphatic hydroxyl groups is 1. The molecular weight excluding hydrogens is 451 g/mol. The first-order chi connectivity index (χ1) is 12.7. The molecule has 0 aromatic carbocycles. The molecular formula is C9H12N3O13P3-4. The lowest BCUT2D eigenvalue weighted by molar-refractivity contribution is -0.339. The molecule has 2 rings (SSSR count). The molecule has 3 N–H and O–H groups in total. The zero-order chi connectivity index (χ0) is 21.3. The molecule has 0 amide bonds. The van der Waals surface area contributed by atoms with Crippen LogP contribution in [0.5, 0.6) is 0 Å². The van der Waals surface area contributed by atoms with Crippen LogP contribution < -0.4 is 31.0 Å². The Morgan fingerprint density at radius 3 is 2.46 bits per heavy atom. The van der Waals surface area contributed by atoms with E-state index < -0.39 is 54.2 Å². The molecule has 0 spiro atoms. The van der Waals surface area contributed by atoms with Gasteiger partial charge in [0.2, 0.25) is 0 Å². The zero-order valence-electron chi connectivity index (χ0n) is 13.5. The van der Waals surface area contributed by atoms with Crippen LogP contribution in [0, 0.1) is 0 Å². The topological polar surface area (TPSA) is 262 Å². The Morgan fingerprint density at radius 1 is 1.25 bits per heavy atom. The van der Waals surface area contributed by atoms with Crippen molar-refractivity contribution in [1.82, 2.24) is 9.55 Å². The quantitative estimate of drug-likeness (QED) is 0.351. The summed E-state index contributed by atoms with van der Waals surface area (Å²) in [6.45, 7) is -0.970. The lowest BCUT2D eigenvalue weighted by Crippen LogP contribution is -2.29. The van der Waals surface area contributed by atoms with E-state index in [4.69, 9.17) is 10.5 Å². The van der Waals surface area contributed by atoms with Crippen LogP contribution in [-0.2, 0) is 31.6 Å². The van der Waals surface area contributed by atoms with Crippen LogP contribution >= 0.6 is 23.5 Å². The first-order valence-corrected chi connectivity index (χ1v) is 11.5. The van der Waals surface area contributed by atoms with Gasteiger partial charge in [-0.1, -0.05) is 0 Å². The summed E-state index contributed by atoms with van der Waals surface area (Å²) >= 11 is 0. The van der Waals surface area contributed by atoms with Crippen molar-refractivity contribution in [2.75, 3.05) is 12.3 Å². The molecule has 0 aliphatic carbocycles. The summed E-state index contributed by atoms with van der Waals surface area (Å²) in [5, 5.41) is 9.89. The number of hydrogen-bond donors (Lipinski definition) is 2. The van der Waals surface area contributed by atoms with Crippen LogP contribution in [0.3, 0.4) is 0 Å². The Labute approximate surface area is 155 Å². The van der Waals surface area contributed by atoms with Gasteiger partial charge in [0.1, 0.15) is 18.1 Å². The van der Waals surface area contributed by atoms with Gasteiger partial charge in [-0.3, -0.25) is 18.0 Å². The van der Waals surface area contributed by atoms with Crippen LogP contribution in [0.1, 0.15) is 12.6 Å². The summed E-state index contributed by atoms with van der Waals surface area (Å²) in [4.78, 5) is 58.2. The van der Waals surface area contributed by atoms with Crippen molar-refractivity contribution in [3.8, 4) is 0 Å². The second-order valence-corrected chi connectivity index (χ2v) is 9.52. The van der Waals surface area contributed by atoms with E-state index in [0.29, 0.717) is 0 Å². The molecule has 28 heavy (non-hydrogen) atoms. The van der Waals surface area contributed by atoms with Crippen molar-refractivity contribution in [3.05, 3.63) is 22.7 Å². The normalized spacial score (nSPS) is 27.2. The SMILES string of the molecule is Nc1ccn(C2CC(O)C(COP(=O)([O-])OP(=O)([O-])OP(=O)([O-])[O-])O2)c(=O)n1. The van der Waals surface area contributed by atoms with Crippen molar-refractivity contribution < 1.29 is 56.3 Å². The molecule has 0 saturated carbocycles. The zero-order valence-corrected chi connectivity index (χ0v) is 16.1. The number of ether oxygens (including phenoxy) is 1. The first kappa shape index (κ1) is 23.3. The maximum atomic E-state index is 11.7. The van der Waals surface area contributed by atoms with Crippen LogP contribution in [-0.4, -0.2) is 33.5 Å². The van der Waals surface area contributed by atoms with Crippen LogP contribution in [0.15, 0.2) is 17.1 Å². The van der Waals surface area contributed by atoms with Gasteiger partial charge < -0.3 is 44.2 Å². The highest BCUT2D eigenvalue weighted by molar-refractivity contribution is 7.64. The third-order valence-corrected chi connectivity index (χ3v) is 6.83. The minimum absolute atomic E-state index is 0.0610. The number of nitrogens with two attached hydrogens (primary N) is 1. The molecule has 1 aliphatic rings.